The van der Waals surface area contributed by atoms with Gasteiger partial charge in [0.15, 0.2) is 0 Å². The van der Waals surface area contributed by atoms with Crippen LogP contribution in [-0.4, -0.2) is 39.8 Å². The summed E-state index contributed by atoms with van der Waals surface area (Å²) in [5.74, 6) is 0.313. The van der Waals surface area contributed by atoms with E-state index in [-0.39, 0.29) is 17.3 Å². The number of para-hydroxylation sites is 1. The molecule has 0 unspecified atom stereocenters. The Morgan fingerprint density at radius 1 is 1.07 bits per heavy atom. The highest BCUT2D eigenvalue weighted by atomic mass is 32.2. The van der Waals surface area contributed by atoms with Crippen LogP contribution in [0.25, 0.3) is 0 Å². The molecule has 0 spiro atoms. The predicted molar refractivity (Wildman–Crippen MR) is 114 cm³/mol. The third-order valence-corrected chi connectivity index (χ3v) is 6.47. The Hall–Kier alpha value is -2.87. The lowest BCUT2D eigenvalue weighted by Gasteiger charge is -2.30. The lowest BCUT2D eigenvalue weighted by atomic mass is 10.0. The van der Waals surface area contributed by atoms with Crippen molar-refractivity contribution in [1.29, 1.82) is 0 Å². The number of amides is 1. The van der Waals surface area contributed by atoms with Crippen LogP contribution in [0.5, 0.6) is 0 Å². The highest BCUT2D eigenvalue weighted by Crippen LogP contribution is 2.26. The largest absolute Gasteiger partial charge is 0.362 e. The number of fused-ring (bicyclic) bond motifs is 1. The third-order valence-electron chi connectivity index (χ3n) is 5.10. The molecular formula is C21H24N4O3S. The maximum Gasteiger partial charge on any atom is 0.262 e. The van der Waals surface area contributed by atoms with Gasteiger partial charge < -0.3 is 10.2 Å². The molecule has 0 atom stereocenters. The summed E-state index contributed by atoms with van der Waals surface area (Å²) in [4.78, 5) is 18.9. The van der Waals surface area contributed by atoms with Gasteiger partial charge in [0.2, 0.25) is 5.91 Å². The van der Waals surface area contributed by atoms with Gasteiger partial charge in [-0.25, -0.2) is 8.42 Å². The van der Waals surface area contributed by atoms with E-state index in [1.54, 1.807) is 12.1 Å². The molecule has 8 heteroatoms. The molecule has 0 saturated heterocycles. The van der Waals surface area contributed by atoms with E-state index in [1.807, 2.05) is 18.2 Å². The Bertz CT molecular complexity index is 1050. The van der Waals surface area contributed by atoms with Gasteiger partial charge in [-0.15, -0.1) is 0 Å². The molecule has 2 heterocycles. The number of aliphatic imine (C=N–C) groups is 1. The molecule has 0 fully saturated rings. The summed E-state index contributed by atoms with van der Waals surface area (Å²) in [7, 11) is -3.71. The molecule has 0 aliphatic carbocycles. The average molecular weight is 413 g/mol. The quantitative estimate of drug-likeness (QED) is 0.790. The molecule has 0 bridgehead atoms. The van der Waals surface area contributed by atoms with Gasteiger partial charge >= 0.3 is 0 Å². The average Bonchev–Trinajstić information content (AvgIpc) is 3.21. The van der Waals surface area contributed by atoms with Crippen molar-refractivity contribution in [3.8, 4) is 0 Å². The number of anilines is 2. The van der Waals surface area contributed by atoms with Crippen molar-refractivity contribution in [2.24, 2.45) is 4.99 Å². The first-order chi connectivity index (χ1) is 14.0. The standard InChI is InChI=1S/C21H24N4O3S/c26-21(15-25-13-5-7-16-6-1-2-10-19(16)25)23-17-8-3-9-18(14-17)29(27,28)24-20-11-4-12-22-20/h1-3,6,8-10,14H,4-5,7,11-13,15H2,(H,22,24)(H,23,26). The Morgan fingerprint density at radius 3 is 2.76 bits per heavy atom. The highest BCUT2D eigenvalue weighted by molar-refractivity contribution is 7.90. The number of carbonyl (C=O) groups excluding carboxylic acids is 1. The number of hydrogen-bond acceptors (Lipinski definition) is 5. The molecule has 2 N–H and O–H groups in total. The molecule has 152 valence electrons. The molecular weight excluding hydrogens is 388 g/mol. The van der Waals surface area contributed by atoms with Crippen LogP contribution < -0.4 is 14.9 Å². The zero-order chi connectivity index (χ0) is 20.3. The molecule has 4 rings (SSSR count). The fraction of sp³-hybridized carbons (Fsp3) is 0.333. The molecule has 2 aliphatic heterocycles. The van der Waals surface area contributed by atoms with E-state index < -0.39 is 10.0 Å². The van der Waals surface area contributed by atoms with Crippen LogP contribution in [0.2, 0.25) is 0 Å². The van der Waals surface area contributed by atoms with Gasteiger partial charge in [-0.3, -0.25) is 14.5 Å². The van der Waals surface area contributed by atoms with Gasteiger partial charge in [0.05, 0.1) is 11.4 Å². The first-order valence-corrected chi connectivity index (χ1v) is 11.3. The van der Waals surface area contributed by atoms with E-state index in [2.05, 4.69) is 26.0 Å². The minimum atomic E-state index is -3.71. The number of carbonyl (C=O) groups is 1. The smallest absolute Gasteiger partial charge is 0.262 e. The minimum absolute atomic E-state index is 0.105. The number of sulfonamides is 1. The Labute approximate surface area is 170 Å². The van der Waals surface area contributed by atoms with Crippen molar-refractivity contribution in [2.45, 2.75) is 30.6 Å². The second-order valence-corrected chi connectivity index (χ2v) is 8.95. The van der Waals surface area contributed by atoms with E-state index in [0.717, 1.165) is 31.5 Å². The fourth-order valence-electron chi connectivity index (χ4n) is 3.73. The number of rotatable bonds is 5. The van der Waals surface area contributed by atoms with Crippen molar-refractivity contribution in [3.05, 3.63) is 54.1 Å². The number of nitrogens with one attached hydrogen (secondary N) is 2. The molecule has 7 nitrogen and oxygen atoms in total. The molecule has 2 aliphatic rings. The number of amidine groups is 1. The van der Waals surface area contributed by atoms with Crippen LogP contribution in [-0.2, 0) is 21.2 Å². The van der Waals surface area contributed by atoms with Crippen molar-refractivity contribution < 1.29 is 13.2 Å². The van der Waals surface area contributed by atoms with Gasteiger partial charge in [-0.2, -0.15) is 0 Å². The van der Waals surface area contributed by atoms with Crippen LogP contribution in [0.1, 0.15) is 24.8 Å². The third kappa shape index (κ3) is 4.59. The Morgan fingerprint density at radius 2 is 1.93 bits per heavy atom. The van der Waals surface area contributed by atoms with Gasteiger partial charge in [-0.1, -0.05) is 24.3 Å². The minimum Gasteiger partial charge on any atom is -0.362 e. The normalized spacial score (nSPS) is 16.1. The Kier molecular flexibility index (Phi) is 5.53. The second kappa shape index (κ2) is 8.24. The number of nitrogens with zero attached hydrogens (tertiary/aromatic N) is 2. The molecule has 2 aromatic rings. The maximum absolute atomic E-state index is 12.6. The summed E-state index contributed by atoms with van der Waals surface area (Å²) in [6.07, 6.45) is 3.51. The summed E-state index contributed by atoms with van der Waals surface area (Å²) in [6.45, 7) is 1.70. The topological polar surface area (TPSA) is 90.9 Å². The zero-order valence-electron chi connectivity index (χ0n) is 16.1. The lowest BCUT2D eigenvalue weighted by Crippen LogP contribution is -2.36. The summed E-state index contributed by atoms with van der Waals surface area (Å²) in [5.41, 5.74) is 2.80. The van der Waals surface area contributed by atoms with Crippen LogP contribution in [0.3, 0.4) is 0 Å². The Balaban J connectivity index is 1.44. The van der Waals surface area contributed by atoms with Crippen LogP contribution >= 0.6 is 0 Å². The highest BCUT2D eigenvalue weighted by Gasteiger charge is 2.20. The monoisotopic (exact) mass is 412 g/mol. The van der Waals surface area contributed by atoms with Crippen LogP contribution in [0.4, 0.5) is 11.4 Å². The summed E-state index contributed by atoms with van der Waals surface area (Å²) < 4.78 is 27.7. The van der Waals surface area contributed by atoms with E-state index >= 15 is 0 Å². The number of aryl methyl sites for hydroxylation is 1. The van der Waals surface area contributed by atoms with Crippen LogP contribution in [0, 0.1) is 0 Å². The predicted octanol–water partition coefficient (Wildman–Crippen LogP) is 2.55. The van der Waals surface area contributed by atoms with Crippen molar-refractivity contribution in [1.82, 2.24) is 4.72 Å². The van der Waals surface area contributed by atoms with Gasteiger partial charge in [0.1, 0.15) is 5.84 Å². The van der Waals surface area contributed by atoms with E-state index in [4.69, 9.17) is 0 Å². The van der Waals surface area contributed by atoms with Crippen LogP contribution in [0.15, 0.2) is 58.4 Å². The van der Waals surface area contributed by atoms with E-state index in [9.17, 15) is 13.2 Å². The second-order valence-electron chi connectivity index (χ2n) is 7.27. The molecule has 0 saturated carbocycles. The van der Waals surface area contributed by atoms with Gasteiger partial charge in [0.25, 0.3) is 10.0 Å². The first-order valence-electron chi connectivity index (χ1n) is 9.80. The fourth-order valence-corrected chi connectivity index (χ4v) is 4.86. The van der Waals surface area contributed by atoms with Crippen molar-refractivity contribution in [3.63, 3.8) is 0 Å². The van der Waals surface area contributed by atoms with Crippen molar-refractivity contribution >= 4 is 33.1 Å². The van der Waals surface area contributed by atoms with Gasteiger partial charge in [-0.05, 0) is 49.1 Å². The lowest BCUT2D eigenvalue weighted by molar-refractivity contribution is -0.115. The van der Waals surface area contributed by atoms with Crippen molar-refractivity contribution in [2.75, 3.05) is 29.9 Å². The zero-order valence-corrected chi connectivity index (χ0v) is 16.9. The number of benzene rings is 2. The molecule has 29 heavy (non-hydrogen) atoms. The van der Waals surface area contributed by atoms with Gasteiger partial charge in [0, 0.05) is 30.9 Å². The molecule has 1 amide bonds. The first kappa shape index (κ1) is 19.4. The molecule has 2 aromatic carbocycles. The maximum atomic E-state index is 12.6. The molecule has 0 aromatic heterocycles. The van der Waals surface area contributed by atoms with E-state index in [1.165, 1.54) is 17.7 Å². The SMILES string of the molecule is O=C(CN1CCCc2ccccc21)Nc1cccc(S(=O)(=O)NC2=NCCC2)c1. The number of hydrogen-bond donors (Lipinski definition) is 2. The summed E-state index contributed by atoms with van der Waals surface area (Å²) in [5, 5.41) is 2.82. The summed E-state index contributed by atoms with van der Waals surface area (Å²) >= 11 is 0. The molecule has 0 radical (unpaired) electrons. The van der Waals surface area contributed by atoms with E-state index in [0.29, 0.717) is 24.5 Å². The summed E-state index contributed by atoms with van der Waals surface area (Å²) in [6, 6.07) is 14.4.